The average Bonchev–Trinajstić information content (AvgIpc) is 2.39. The molecular weight excluding hydrogens is 216 g/mol. The van der Waals surface area contributed by atoms with E-state index in [-0.39, 0.29) is 0 Å². The molecule has 0 radical (unpaired) electrons. The van der Waals surface area contributed by atoms with Gasteiger partial charge in [0.2, 0.25) is 0 Å². The maximum Gasteiger partial charge on any atom is 0.314 e. The highest BCUT2D eigenvalue weighted by Gasteiger charge is 2.42. The average molecular weight is 234 g/mol. The Balaban J connectivity index is 2.27. The van der Waals surface area contributed by atoms with E-state index in [1.165, 1.54) is 0 Å². The zero-order valence-corrected chi connectivity index (χ0v) is 10.1. The second-order valence-corrected chi connectivity index (χ2v) is 4.56. The van der Waals surface area contributed by atoms with Gasteiger partial charge in [-0.3, -0.25) is 9.78 Å². The molecule has 0 atom stereocenters. The van der Waals surface area contributed by atoms with Gasteiger partial charge in [0.05, 0.1) is 5.41 Å². The van der Waals surface area contributed by atoms with E-state index < -0.39 is 11.4 Å². The SMILES string of the molecule is CCN1CCC(C(=O)O)(c2ccncc2)CC1. The summed E-state index contributed by atoms with van der Waals surface area (Å²) in [6, 6.07) is 3.66. The third-order valence-electron chi connectivity index (χ3n) is 3.80. The molecule has 0 saturated carbocycles. The lowest BCUT2D eigenvalue weighted by atomic mass is 9.73. The summed E-state index contributed by atoms with van der Waals surface area (Å²) in [6.45, 7) is 4.81. The molecular formula is C13H18N2O2. The van der Waals surface area contributed by atoms with Crippen molar-refractivity contribution in [1.82, 2.24) is 9.88 Å². The number of piperidine rings is 1. The molecule has 1 aliphatic heterocycles. The number of aromatic nitrogens is 1. The van der Waals surface area contributed by atoms with Crippen molar-refractivity contribution in [2.75, 3.05) is 19.6 Å². The zero-order valence-electron chi connectivity index (χ0n) is 10.1. The summed E-state index contributed by atoms with van der Waals surface area (Å²) in [6.07, 6.45) is 4.71. The minimum absolute atomic E-state index is 0.681. The lowest BCUT2D eigenvalue weighted by Crippen LogP contribution is -2.47. The van der Waals surface area contributed by atoms with E-state index in [9.17, 15) is 9.90 Å². The highest BCUT2D eigenvalue weighted by Crippen LogP contribution is 2.35. The monoisotopic (exact) mass is 234 g/mol. The summed E-state index contributed by atoms with van der Waals surface area (Å²) in [7, 11) is 0. The van der Waals surface area contributed by atoms with Crippen LogP contribution in [0.3, 0.4) is 0 Å². The summed E-state index contributed by atoms with van der Waals surface area (Å²) < 4.78 is 0. The third-order valence-corrected chi connectivity index (χ3v) is 3.80. The molecule has 2 rings (SSSR count). The summed E-state index contributed by atoms with van der Waals surface area (Å²) in [5.74, 6) is -0.709. The zero-order chi connectivity index (χ0) is 12.3. The Morgan fingerprint density at radius 2 is 2.00 bits per heavy atom. The molecule has 1 N–H and O–H groups in total. The number of rotatable bonds is 3. The molecule has 1 aromatic rings. The summed E-state index contributed by atoms with van der Waals surface area (Å²) in [5, 5.41) is 9.56. The van der Waals surface area contributed by atoms with Crippen LogP contribution in [0.15, 0.2) is 24.5 Å². The van der Waals surface area contributed by atoms with Crippen LogP contribution in [0.1, 0.15) is 25.3 Å². The lowest BCUT2D eigenvalue weighted by Gasteiger charge is -2.38. The molecule has 0 unspecified atom stereocenters. The Hall–Kier alpha value is -1.42. The van der Waals surface area contributed by atoms with Gasteiger partial charge in [0, 0.05) is 12.4 Å². The standard InChI is InChI=1S/C13H18N2O2/c1-2-15-9-5-13(6-10-15,12(16)17)11-3-7-14-8-4-11/h3-4,7-8H,2,5-6,9-10H2,1H3,(H,16,17). The predicted molar refractivity (Wildman–Crippen MR) is 64.9 cm³/mol. The fourth-order valence-electron chi connectivity index (χ4n) is 2.55. The molecule has 0 amide bonds. The van der Waals surface area contributed by atoms with E-state index in [0.717, 1.165) is 25.2 Å². The predicted octanol–water partition coefficient (Wildman–Crippen LogP) is 1.52. The smallest absolute Gasteiger partial charge is 0.314 e. The molecule has 2 heterocycles. The van der Waals surface area contributed by atoms with E-state index in [1.807, 2.05) is 12.1 Å². The number of hydrogen-bond acceptors (Lipinski definition) is 3. The van der Waals surface area contributed by atoms with Crippen LogP contribution in [-0.2, 0) is 10.2 Å². The van der Waals surface area contributed by atoms with Crippen molar-refractivity contribution in [3.63, 3.8) is 0 Å². The molecule has 4 nitrogen and oxygen atoms in total. The number of carboxylic acid groups (broad SMARTS) is 1. The summed E-state index contributed by atoms with van der Waals surface area (Å²) in [5.41, 5.74) is 0.171. The fraction of sp³-hybridized carbons (Fsp3) is 0.538. The van der Waals surface area contributed by atoms with Crippen molar-refractivity contribution in [2.45, 2.75) is 25.2 Å². The second-order valence-electron chi connectivity index (χ2n) is 4.56. The molecule has 0 aliphatic carbocycles. The van der Waals surface area contributed by atoms with Gasteiger partial charge in [0.25, 0.3) is 0 Å². The van der Waals surface area contributed by atoms with Crippen LogP contribution in [0.5, 0.6) is 0 Å². The fourth-order valence-corrected chi connectivity index (χ4v) is 2.55. The first-order valence-electron chi connectivity index (χ1n) is 6.05. The summed E-state index contributed by atoms with van der Waals surface area (Å²) >= 11 is 0. The number of hydrogen-bond donors (Lipinski definition) is 1. The Labute approximate surface area is 101 Å². The molecule has 92 valence electrons. The van der Waals surface area contributed by atoms with Crippen LogP contribution >= 0.6 is 0 Å². The van der Waals surface area contributed by atoms with Crippen molar-refractivity contribution in [3.8, 4) is 0 Å². The molecule has 0 aromatic carbocycles. The van der Waals surface area contributed by atoms with E-state index in [2.05, 4.69) is 16.8 Å². The largest absolute Gasteiger partial charge is 0.481 e. The van der Waals surface area contributed by atoms with Crippen LogP contribution < -0.4 is 0 Å². The van der Waals surface area contributed by atoms with Gasteiger partial charge in [-0.25, -0.2) is 0 Å². The van der Waals surface area contributed by atoms with Gasteiger partial charge in [-0.05, 0) is 50.2 Å². The topological polar surface area (TPSA) is 53.4 Å². The molecule has 4 heteroatoms. The first-order valence-corrected chi connectivity index (χ1v) is 6.05. The second kappa shape index (κ2) is 4.84. The maximum absolute atomic E-state index is 11.6. The first kappa shape index (κ1) is 12.0. The van der Waals surface area contributed by atoms with Gasteiger partial charge in [-0.1, -0.05) is 6.92 Å². The molecule has 1 aromatic heterocycles. The van der Waals surface area contributed by atoms with Crippen LogP contribution in [0, 0.1) is 0 Å². The van der Waals surface area contributed by atoms with Gasteiger partial charge in [-0.2, -0.15) is 0 Å². The molecule has 1 saturated heterocycles. The van der Waals surface area contributed by atoms with Crippen LogP contribution in [0.25, 0.3) is 0 Å². The molecule has 0 bridgehead atoms. The van der Waals surface area contributed by atoms with E-state index in [0.29, 0.717) is 12.8 Å². The number of likely N-dealkylation sites (tertiary alicyclic amines) is 1. The van der Waals surface area contributed by atoms with E-state index >= 15 is 0 Å². The van der Waals surface area contributed by atoms with Crippen LogP contribution in [0.4, 0.5) is 0 Å². The number of carbonyl (C=O) groups is 1. The van der Waals surface area contributed by atoms with Gasteiger partial charge >= 0.3 is 5.97 Å². The van der Waals surface area contributed by atoms with Crippen LogP contribution in [0.2, 0.25) is 0 Å². The molecule has 0 spiro atoms. The Bertz CT molecular complexity index is 384. The van der Waals surface area contributed by atoms with E-state index in [1.54, 1.807) is 12.4 Å². The number of nitrogens with zero attached hydrogens (tertiary/aromatic N) is 2. The van der Waals surface area contributed by atoms with Gasteiger partial charge in [-0.15, -0.1) is 0 Å². The minimum Gasteiger partial charge on any atom is -0.481 e. The maximum atomic E-state index is 11.6. The third kappa shape index (κ3) is 2.17. The summed E-state index contributed by atoms with van der Waals surface area (Å²) in [4.78, 5) is 17.9. The van der Waals surface area contributed by atoms with Crippen molar-refractivity contribution in [1.29, 1.82) is 0 Å². The Morgan fingerprint density at radius 1 is 1.41 bits per heavy atom. The minimum atomic E-state index is -0.714. The highest BCUT2D eigenvalue weighted by atomic mass is 16.4. The van der Waals surface area contributed by atoms with Crippen LogP contribution in [-0.4, -0.2) is 40.6 Å². The van der Waals surface area contributed by atoms with Crippen molar-refractivity contribution < 1.29 is 9.90 Å². The number of pyridine rings is 1. The molecule has 1 fully saturated rings. The number of carboxylic acids is 1. The Morgan fingerprint density at radius 3 is 2.47 bits per heavy atom. The first-order chi connectivity index (χ1) is 8.19. The van der Waals surface area contributed by atoms with Gasteiger partial charge in [0.1, 0.15) is 0 Å². The van der Waals surface area contributed by atoms with Crippen molar-refractivity contribution in [2.24, 2.45) is 0 Å². The molecule has 1 aliphatic rings. The van der Waals surface area contributed by atoms with E-state index in [4.69, 9.17) is 0 Å². The Kier molecular flexibility index (Phi) is 3.43. The highest BCUT2D eigenvalue weighted by molar-refractivity contribution is 5.81. The molecule has 17 heavy (non-hydrogen) atoms. The quantitative estimate of drug-likeness (QED) is 0.861. The number of aliphatic carboxylic acids is 1. The van der Waals surface area contributed by atoms with Crippen molar-refractivity contribution >= 4 is 5.97 Å². The normalized spacial score (nSPS) is 20.1. The van der Waals surface area contributed by atoms with Gasteiger partial charge < -0.3 is 10.0 Å². The lowest BCUT2D eigenvalue weighted by molar-refractivity contribution is -0.146. The van der Waals surface area contributed by atoms with Gasteiger partial charge in [0.15, 0.2) is 0 Å². The van der Waals surface area contributed by atoms with Crippen molar-refractivity contribution in [3.05, 3.63) is 30.1 Å².